The minimum absolute atomic E-state index is 0.0141. The molecule has 1 aliphatic heterocycles. The Hall–Kier alpha value is -1.92. The van der Waals surface area contributed by atoms with E-state index in [1.54, 1.807) is 7.05 Å². The molecule has 1 aromatic rings. The predicted molar refractivity (Wildman–Crippen MR) is 80.6 cm³/mol. The van der Waals surface area contributed by atoms with Crippen LogP contribution in [0, 0.1) is 16.0 Å². The highest BCUT2D eigenvalue weighted by Crippen LogP contribution is 2.39. The van der Waals surface area contributed by atoms with E-state index in [-0.39, 0.29) is 10.6 Å². The minimum atomic E-state index is -0.374. The van der Waals surface area contributed by atoms with Crippen molar-refractivity contribution in [3.63, 3.8) is 0 Å². The number of anilines is 2. The van der Waals surface area contributed by atoms with E-state index in [9.17, 15) is 10.1 Å². The van der Waals surface area contributed by atoms with Crippen molar-refractivity contribution in [2.45, 2.75) is 44.6 Å². The van der Waals surface area contributed by atoms with E-state index >= 15 is 0 Å². The van der Waals surface area contributed by atoms with Gasteiger partial charge in [-0.05, 0) is 31.6 Å². The van der Waals surface area contributed by atoms with Crippen LogP contribution in [0.2, 0.25) is 0 Å². The summed E-state index contributed by atoms with van der Waals surface area (Å²) in [4.78, 5) is 21.5. The first kappa shape index (κ1) is 14.0. The van der Waals surface area contributed by atoms with Gasteiger partial charge in [-0.3, -0.25) is 10.1 Å². The molecule has 1 N–H and O–H groups in total. The van der Waals surface area contributed by atoms with Crippen molar-refractivity contribution in [1.82, 2.24) is 9.97 Å². The summed E-state index contributed by atoms with van der Waals surface area (Å²) in [5, 5.41) is 14.2. The number of piperidine rings is 1. The molecule has 7 heteroatoms. The second kappa shape index (κ2) is 5.83. The SMILES string of the molecule is CNc1ncc([N+](=O)[O-])c(N2CCC[C@H]3CCCC[C@H]32)n1. The number of nitrogens with one attached hydrogen (secondary N) is 1. The molecule has 21 heavy (non-hydrogen) atoms. The van der Waals surface area contributed by atoms with Crippen LogP contribution in [-0.4, -0.2) is 34.5 Å². The molecule has 3 rings (SSSR count). The summed E-state index contributed by atoms with van der Waals surface area (Å²) >= 11 is 0. The highest BCUT2D eigenvalue weighted by molar-refractivity contribution is 5.59. The van der Waals surface area contributed by atoms with Crippen LogP contribution in [0.25, 0.3) is 0 Å². The molecule has 2 aliphatic rings. The van der Waals surface area contributed by atoms with Gasteiger partial charge in [-0.1, -0.05) is 12.8 Å². The van der Waals surface area contributed by atoms with Gasteiger partial charge in [0.25, 0.3) is 0 Å². The molecule has 2 atom stereocenters. The van der Waals surface area contributed by atoms with Crippen LogP contribution < -0.4 is 10.2 Å². The topological polar surface area (TPSA) is 84.2 Å². The van der Waals surface area contributed by atoms with Crippen molar-refractivity contribution < 1.29 is 4.92 Å². The molecule has 0 radical (unpaired) electrons. The largest absolute Gasteiger partial charge is 0.357 e. The second-order valence-electron chi connectivity index (χ2n) is 5.86. The Balaban J connectivity index is 1.98. The number of fused-ring (bicyclic) bond motifs is 1. The fourth-order valence-corrected chi connectivity index (χ4v) is 3.71. The van der Waals surface area contributed by atoms with Crippen LogP contribution >= 0.6 is 0 Å². The lowest BCUT2D eigenvalue weighted by Gasteiger charge is -2.44. The van der Waals surface area contributed by atoms with Crippen LogP contribution in [0.5, 0.6) is 0 Å². The zero-order valence-corrected chi connectivity index (χ0v) is 12.3. The molecule has 7 nitrogen and oxygen atoms in total. The summed E-state index contributed by atoms with van der Waals surface area (Å²) < 4.78 is 0. The number of hydrogen-bond donors (Lipinski definition) is 1. The summed E-state index contributed by atoms with van der Waals surface area (Å²) in [6.45, 7) is 0.849. The second-order valence-corrected chi connectivity index (χ2v) is 5.86. The first-order valence-corrected chi connectivity index (χ1v) is 7.66. The Labute approximate surface area is 123 Å². The maximum absolute atomic E-state index is 11.3. The fraction of sp³-hybridized carbons (Fsp3) is 0.714. The number of rotatable bonds is 3. The van der Waals surface area contributed by atoms with Crippen LogP contribution in [0.4, 0.5) is 17.5 Å². The van der Waals surface area contributed by atoms with Gasteiger partial charge >= 0.3 is 5.69 Å². The first-order valence-electron chi connectivity index (χ1n) is 7.66. The fourth-order valence-electron chi connectivity index (χ4n) is 3.71. The van der Waals surface area contributed by atoms with Gasteiger partial charge in [0, 0.05) is 19.6 Å². The van der Waals surface area contributed by atoms with Gasteiger partial charge in [0.2, 0.25) is 11.8 Å². The molecule has 114 valence electrons. The Bertz CT molecular complexity index is 534. The van der Waals surface area contributed by atoms with Crippen molar-refractivity contribution >= 4 is 17.5 Å². The normalized spacial score (nSPS) is 25.3. The van der Waals surface area contributed by atoms with Crippen molar-refractivity contribution in [3.8, 4) is 0 Å². The average Bonchev–Trinajstić information content (AvgIpc) is 2.53. The Morgan fingerprint density at radius 3 is 2.86 bits per heavy atom. The van der Waals surface area contributed by atoms with E-state index in [0.717, 1.165) is 19.4 Å². The van der Waals surface area contributed by atoms with Crippen LogP contribution in [0.3, 0.4) is 0 Å². The monoisotopic (exact) mass is 291 g/mol. The van der Waals surface area contributed by atoms with Gasteiger partial charge in [-0.25, -0.2) is 4.98 Å². The standard InChI is InChI=1S/C14H21N5O2/c1-15-14-16-9-12(19(20)21)13(17-14)18-8-4-6-10-5-2-3-7-11(10)18/h9-11H,2-8H2,1H3,(H,15,16,17)/t10-,11-/m1/s1. The van der Waals surface area contributed by atoms with Crippen molar-refractivity contribution in [2.75, 3.05) is 23.8 Å². The molecule has 1 aliphatic carbocycles. The third-order valence-electron chi connectivity index (χ3n) is 4.69. The summed E-state index contributed by atoms with van der Waals surface area (Å²) in [5.74, 6) is 1.57. The summed E-state index contributed by atoms with van der Waals surface area (Å²) in [7, 11) is 1.73. The molecule has 0 unspecified atom stereocenters. The zero-order valence-electron chi connectivity index (χ0n) is 12.3. The Morgan fingerprint density at radius 2 is 2.10 bits per heavy atom. The maximum atomic E-state index is 11.3. The van der Waals surface area contributed by atoms with E-state index < -0.39 is 0 Å². The van der Waals surface area contributed by atoms with Crippen LogP contribution in [0.1, 0.15) is 38.5 Å². The zero-order chi connectivity index (χ0) is 14.8. The van der Waals surface area contributed by atoms with Crippen molar-refractivity contribution in [1.29, 1.82) is 0 Å². The van der Waals surface area contributed by atoms with E-state index in [0.29, 0.717) is 23.7 Å². The van der Waals surface area contributed by atoms with Gasteiger partial charge in [0.1, 0.15) is 6.20 Å². The number of hydrogen-bond acceptors (Lipinski definition) is 6. The molecule has 1 aromatic heterocycles. The minimum Gasteiger partial charge on any atom is -0.357 e. The molecule has 0 spiro atoms. The summed E-state index contributed by atoms with van der Waals surface area (Å²) in [6, 6.07) is 0.394. The molecule has 1 saturated heterocycles. The summed E-state index contributed by atoms with van der Waals surface area (Å²) in [6.07, 6.45) is 8.47. The van der Waals surface area contributed by atoms with E-state index in [1.807, 2.05) is 0 Å². The number of aromatic nitrogens is 2. The number of nitro groups is 1. The molecular formula is C14H21N5O2. The maximum Gasteiger partial charge on any atom is 0.329 e. The molecule has 0 bridgehead atoms. The molecular weight excluding hydrogens is 270 g/mol. The molecule has 2 heterocycles. The molecule has 1 saturated carbocycles. The smallest absolute Gasteiger partial charge is 0.329 e. The van der Waals surface area contributed by atoms with Crippen molar-refractivity contribution in [3.05, 3.63) is 16.3 Å². The molecule has 2 fully saturated rings. The van der Waals surface area contributed by atoms with Crippen LogP contribution in [-0.2, 0) is 0 Å². The third-order valence-corrected chi connectivity index (χ3v) is 4.69. The average molecular weight is 291 g/mol. The molecule has 0 amide bonds. The van der Waals surface area contributed by atoms with E-state index in [1.165, 1.54) is 31.9 Å². The van der Waals surface area contributed by atoms with E-state index in [4.69, 9.17) is 0 Å². The first-order chi connectivity index (χ1) is 10.2. The van der Waals surface area contributed by atoms with E-state index in [2.05, 4.69) is 20.2 Å². The lowest BCUT2D eigenvalue weighted by Crippen LogP contribution is -2.47. The number of nitrogens with zero attached hydrogens (tertiary/aromatic N) is 4. The quantitative estimate of drug-likeness (QED) is 0.680. The third kappa shape index (κ3) is 2.64. The molecule has 0 aromatic carbocycles. The van der Waals surface area contributed by atoms with Crippen LogP contribution in [0.15, 0.2) is 6.20 Å². The van der Waals surface area contributed by atoms with Gasteiger partial charge in [0.15, 0.2) is 0 Å². The highest BCUT2D eigenvalue weighted by Gasteiger charge is 2.37. The van der Waals surface area contributed by atoms with Crippen molar-refractivity contribution in [2.24, 2.45) is 5.92 Å². The lowest BCUT2D eigenvalue weighted by molar-refractivity contribution is -0.384. The van der Waals surface area contributed by atoms with Gasteiger partial charge in [-0.2, -0.15) is 4.98 Å². The van der Waals surface area contributed by atoms with Gasteiger partial charge < -0.3 is 10.2 Å². The predicted octanol–water partition coefficient (Wildman–Crippen LogP) is 2.59. The Morgan fingerprint density at radius 1 is 1.33 bits per heavy atom. The Kier molecular flexibility index (Phi) is 3.90. The lowest BCUT2D eigenvalue weighted by atomic mass is 9.78. The summed E-state index contributed by atoms with van der Waals surface area (Å²) in [5.41, 5.74) is 0.0141. The van der Waals surface area contributed by atoms with Gasteiger partial charge in [0.05, 0.1) is 4.92 Å². The van der Waals surface area contributed by atoms with Gasteiger partial charge in [-0.15, -0.1) is 0 Å². The highest BCUT2D eigenvalue weighted by atomic mass is 16.6.